The first-order valence-corrected chi connectivity index (χ1v) is 13.8. The third kappa shape index (κ3) is 6.09. The predicted octanol–water partition coefficient (Wildman–Crippen LogP) is 6.89. The number of carboxylic acid groups (broad SMARTS) is 1. The zero-order valence-corrected chi connectivity index (χ0v) is 23.5. The number of thioether (sulfide) groups is 1. The van der Waals surface area contributed by atoms with Gasteiger partial charge in [-0.3, -0.25) is 9.69 Å². The molecule has 0 spiro atoms. The number of hydrogen-bond acceptors (Lipinski definition) is 6. The van der Waals surface area contributed by atoms with Gasteiger partial charge in [-0.05, 0) is 48.9 Å². The first-order chi connectivity index (χ1) is 20.0. The minimum Gasteiger partial charge on any atom is -0.480 e. The molecular weight excluding hydrogens is 587 g/mol. The van der Waals surface area contributed by atoms with Crippen LogP contribution in [0.4, 0.5) is 13.2 Å². The molecule has 3 aromatic carbocycles. The van der Waals surface area contributed by atoms with E-state index in [4.69, 9.17) is 17.0 Å². The Kier molecular flexibility index (Phi) is 8.19. The molecule has 0 radical (unpaired) electrons. The summed E-state index contributed by atoms with van der Waals surface area (Å²) in [4.78, 5) is 27.0. The fourth-order valence-electron chi connectivity index (χ4n) is 4.38. The van der Waals surface area contributed by atoms with Crippen LogP contribution in [-0.2, 0) is 22.2 Å². The summed E-state index contributed by atoms with van der Waals surface area (Å²) in [6.45, 7) is 1.67. The van der Waals surface area contributed by atoms with E-state index in [2.05, 4.69) is 5.10 Å². The van der Waals surface area contributed by atoms with Gasteiger partial charge in [0.15, 0.2) is 0 Å². The second kappa shape index (κ2) is 11.8. The molecule has 42 heavy (non-hydrogen) atoms. The number of aromatic nitrogens is 2. The first-order valence-electron chi connectivity index (χ1n) is 12.6. The monoisotopic (exact) mass is 609 g/mol. The number of ether oxygens (including phenoxy) is 1. The number of rotatable bonds is 8. The molecule has 1 atom stereocenters. The minimum atomic E-state index is -4.58. The van der Waals surface area contributed by atoms with E-state index in [1.807, 2.05) is 0 Å². The zero-order valence-electron chi connectivity index (χ0n) is 21.9. The maximum Gasteiger partial charge on any atom is 0.416 e. The zero-order chi connectivity index (χ0) is 30.0. The molecule has 12 heteroatoms. The first kappa shape index (κ1) is 29.1. The number of benzene rings is 3. The summed E-state index contributed by atoms with van der Waals surface area (Å²) in [5, 5.41) is 14.5. The number of carbonyl (C=O) groups excluding carboxylic acids is 1. The Bertz CT molecular complexity index is 1690. The van der Waals surface area contributed by atoms with Crippen molar-refractivity contribution in [3.8, 4) is 17.3 Å². The lowest BCUT2D eigenvalue weighted by Crippen LogP contribution is -2.45. The van der Waals surface area contributed by atoms with Gasteiger partial charge in [0.05, 0.1) is 27.4 Å². The topological polar surface area (TPSA) is 84.7 Å². The number of halogens is 3. The van der Waals surface area contributed by atoms with E-state index in [1.165, 1.54) is 22.9 Å². The normalized spacial score (nSPS) is 15.3. The standard InChI is InChI=1S/C30H22F3N3O4S2/c1-18-23(17-25-26(37)35(29(41)42-25)24(28(38)39)15-19-9-4-2-5-10-19)27(36(34-18)21-12-6-3-7-13-21)40-22-14-8-11-20(16-22)30(31,32)33/h2-14,16-17,24H,15H2,1H3,(H,38,39)/b25-17-/t24-/m0/s1. The Balaban J connectivity index is 1.55. The highest BCUT2D eigenvalue weighted by Gasteiger charge is 2.41. The van der Waals surface area contributed by atoms with Crippen molar-refractivity contribution in [2.24, 2.45) is 0 Å². The van der Waals surface area contributed by atoms with Gasteiger partial charge in [0, 0.05) is 6.42 Å². The van der Waals surface area contributed by atoms with Crippen LogP contribution in [0.2, 0.25) is 0 Å². The fraction of sp³-hybridized carbons (Fsp3) is 0.133. The number of carboxylic acids is 1. The second-order valence-corrected chi connectivity index (χ2v) is 11.0. The fourth-order valence-corrected chi connectivity index (χ4v) is 5.72. The summed E-state index contributed by atoms with van der Waals surface area (Å²) in [5.74, 6) is -1.83. The molecule has 0 unspecified atom stereocenters. The highest BCUT2D eigenvalue weighted by Crippen LogP contribution is 2.39. The Labute approximate surface area is 248 Å². The number of para-hydroxylation sites is 1. The summed E-state index contributed by atoms with van der Waals surface area (Å²) >= 11 is 6.36. The highest BCUT2D eigenvalue weighted by atomic mass is 32.2. The Morgan fingerprint density at radius 3 is 2.38 bits per heavy atom. The van der Waals surface area contributed by atoms with Crippen molar-refractivity contribution in [2.45, 2.75) is 25.6 Å². The van der Waals surface area contributed by atoms with Gasteiger partial charge in [-0.1, -0.05) is 78.6 Å². The van der Waals surface area contributed by atoms with Crippen molar-refractivity contribution in [1.82, 2.24) is 14.7 Å². The van der Waals surface area contributed by atoms with Crippen molar-refractivity contribution in [3.63, 3.8) is 0 Å². The van der Waals surface area contributed by atoms with Crippen LogP contribution in [0.5, 0.6) is 11.6 Å². The Morgan fingerprint density at radius 2 is 1.74 bits per heavy atom. The van der Waals surface area contributed by atoms with Crippen LogP contribution >= 0.6 is 24.0 Å². The molecule has 1 aromatic heterocycles. The third-order valence-corrected chi connectivity index (χ3v) is 7.74. The molecule has 214 valence electrons. The summed E-state index contributed by atoms with van der Waals surface area (Å²) in [6, 6.07) is 20.9. The number of aliphatic carboxylic acids is 1. The summed E-state index contributed by atoms with van der Waals surface area (Å²) in [5.41, 5.74) is 1.16. The number of carbonyl (C=O) groups is 2. The summed E-state index contributed by atoms with van der Waals surface area (Å²) in [7, 11) is 0. The van der Waals surface area contributed by atoms with Crippen LogP contribution in [0, 0.1) is 6.92 Å². The molecule has 1 fully saturated rings. The van der Waals surface area contributed by atoms with Crippen LogP contribution in [0.25, 0.3) is 11.8 Å². The molecule has 0 bridgehead atoms. The average Bonchev–Trinajstić information content (AvgIpc) is 3.42. The van der Waals surface area contributed by atoms with Crippen LogP contribution < -0.4 is 4.74 Å². The van der Waals surface area contributed by atoms with Gasteiger partial charge < -0.3 is 9.84 Å². The number of aryl methyl sites for hydroxylation is 1. The van der Waals surface area contributed by atoms with Crippen LogP contribution in [0.15, 0.2) is 89.8 Å². The number of alkyl halides is 3. The molecule has 2 heterocycles. The Morgan fingerprint density at radius 1 is 1.07 bits per heavy atom. The molecule has 0 saturated carbocycles. The lowest BCUT2D eigenvalue weighted by Gasteiger charge is -2.23. The lowest BCUT2D eigenvalue weighted by molar-refractivity contribution is -0.145. The maximum atomic E-state index is 13.6. The van der Waals surface area contributed by atoms with Crippen molar-refractivity contribution >= 4 is 46.3 Å². The number of thiocarbonyl (C=S) groups is 1. The van der Waals surface area contributed by atoms with Gasteiger partial charge in [0.2, 0.25) is 5.88 Å². The quantitative estimate of drug-likeness (QED) is 0.172. The molecule has 0 aliphatic carbocycles. The van der Waals surface area contributed by atoms with E-state index in [9.17, 15) is 27.9 Å². The molecule has 1 amide bonds. The molecule has 1 saturated heterocycles. The van der Waals surface area contributed by atoms with Crippen LogP contribution in [0.3, 0.4) is 0 Å². The average molecular weight is 610 g/mol. The molecular formula is C30H22F3N3O4S2. The minimum absolute atomic E-state index is 0.0464. The molecule has 1 aliphatic heterocycles. The third-order valence-electron chi connectivity index (χ3n) is 6.41. The summed E-state index contributed by atoms with van der Waals surface area (Å²) in [6.07, 6.45) is -3.05. The molecule has 1 aliphatic rings. The van der Waals surface area contributed by atoms with E-state index < -0.39 is 29.7 Å². The largest absolute Gasteiger partial charge is 0.480 e. The number of hydrogen-bond donors (Lipinski definition) is 1. The van der Waals surface area contributed by atoms with Crippen LogP contribution in [0.1, 0.15) is 22.4 Å². The SMILES string of the molecule is Cc1nn(-c2ccccc2)c(Oc2cccc(C(F)(F)F)c2)c1/C=C1\SC(=S)N([C@@H](Cc2ccccc2)C(=O)O)C1=O. The van der Waals surface area contributed by atoms with Crippen molar-refractivity contribution < 1.29 is 32.6 Å². The number of nitrogens with zero attached hydrogens (tertiary/aromatic N) is 3. The van der Waals surface area contributed by atoms with Crippen LogP contribution in [-0.4, -0.2) is 42.0 Å². The lowest BCUT2D eigenvalue weighted by atomic mass is 10.0. The molecule has 4 aromatic rings. The molecule has 7 nitrogen and oxygen atoms in total. The van der Waals surface area contributed by atoms with Gasteiger partial charge in [-0.25, -0.2) is 4.79 Å². The van der Waals surface area contributed by atoms with Crippen molar-refractivity contribution in [2.75, 3.05) is 0 Å². The smallest absolute Gasteiger partial charge is 0.416 e. The van der Waals surface area contributed by atoms with Crippen molar-refractivity contribution in [1.29, 1.82) is 0 Å². The van der Waals surface area contributed by atoms with Gasteiger partial charge in [0.25, 0.3) is 5.91 Å². The predicted molar refractivity (Wildman–Crippen MR) is 156 cm³/mol. The maximum absolute atomic E-state index is 13.6. The van der Waals surface area contributed by atoms with E-state index in [-0.39, 0.29) is 27.3 Å². The van der Waals surface area contributed by atoms with Gasteiger partial charge in [0.1, 0.15) is 16.1 Å². The molecule has 1 N–H and O–H groups in total. The van der Waals surface area contributed by atoms with E-state index >= 15 is 0 Å². The van der Waals surface area contributed by atoms with Crippen molar-refractivity contribution in [3.05, 3.63) is 112 Å². The highest BCUT2D eigenvalue weighted by molar-refractivity contribution is 8.26. The number of amides is 1. The summed E-state index contributed by atoms with van der Waals surface area (Å²) < 4.78 is 47.7. The van der Waals surface area contributed by atoms with E-state index in [1.54, 1.807) is 67.6 Å². The molecule has 5 rings (SSSR count). The van der Waals surface area contributed by atoms with Gasteiger partial charge >= 0.3 is 12.1 Å². The Hall–Kier alpha value is -4.42. The van der Waals surface area contributed by atoms with E-state index in [0.717, 1.165) is 34.4 Å². The van der Waals surface area contributed by atoms with E-state index in [0.29, 0.717) is 16.9 Å². The van der Waals surface area contributed by atoms with Gasteiger partial charge in [-0.15, -0.1) is 0 Å². The van der Waals surface area contributed by atoms with Gasteiger partial charge in [-0.2, -0.15) is 23.0 Å². The second-order valence-electron chi connectivity index (χ2n) is 9.27.